The van der Waals surface area contributed by atoms with Gasteiger partial charge in [0.15, 0.2) is 0 Å². The molecule has 1 fully saturated rings. The molecule has 0 radical (unpaired) electrons. The molecular formula is C32H24N2. The third-order valence-corrected chi connectivity index (χ3v) is 7.23. The van der Waals surface area contributed by atoms with Gasteiger partial charge < -0.3 is 0 Å². The van der Waals surface area contributed by atoms with Crippen molar-refractivity contribution >= 4 is 0 Å². The molecule has 162 valence electrons. The average Bonchev–Trinajstić information content (AvgIpc) is 3.59. The Bertz CT molecular complexity index is 1190. The Kier molecular flexibility index (Phi) is 5.37. The van der Waals surface area contributed by atoms with Gasteiger partial charge in [0.25, 0.3) is 0 Å². The summed E-state index contributed by atoms with van der Waals surface area (Å²) in [5.74, 6) is -0.440. The molecule has 2 atom stereocenters. The van der Waals surface area contributed by atoms with Crippen LogP contribution in [-0.4, -0.2) is 0 Å². The molecule has 0 bridgehead atoms. The SMILES string of the molecule is C=C1C(C(C#N)(c2ccccc2)c2ccccc2)C1C(C#N)(c1ccccc1)c1ccccc1. The van der Waals surface area contributed by atoms with Gasteiger partial charge in [-0.15, -0.1) is 0 Å². The Morgan fingerprint density at radius 2 is 0.706 bits per heavy atom. The summed E-state index contributed by atoms with van der Waals surface area (Å²) in [6.07, 6.45) is 0. The molecule has 2 unspecified atom stereocenters. The van der Waals surface area contributed by atoms with Crippen molar-refractivity contribution in [2.24, 2.45) is 11.8 Å². The number of benzene rings is 4. The van der Waals surface area contributed by atoms with Crippen LogP contribution in [0.1, 0.15) is 22.3 Å². The van der Waals surface area contributed by atoms with Gasteiger partial charge in [-0.3, -0.25) is 0 Å². The second kappa shape index (κ2) is 8.51. The van der Waals surface area contributed by atoms with Crippen molar-refractivity contribution in [3.8, 4) is 12.1 Å². The summed E-state index contributed by atoms with van der Waals surface area (Å²) in [5.41, 5.74) is 2.72. The van der Waals surface area contributed by atoms with Crippen LogP contribution in [0.3, 0.4) is 0 Å². The highest BCUT2D eigenvalue weighted by Crippen LogP contribution is 2.66. The minimum atomic E-state index is -0.948. The molecule has 1 aliphatic rings. The van der Waals surface area contributed by atoms with Crippen LogP contribution in [0.4, 0.5) is 0 Å². The predicted molar refractivity (Wildman–Crippen MR) is 135 cm³/mol. The first kappa shape index (κ1) is 21.4. The largest absolute Gasteiger partial charge is 0.197 e. The maximum atomic E-state index is 10.8. The van der Waals surface area contributed by atoms with E-state index in [4.69, 9.17) is 0 Å². The van der Waals surface area contributed by atoms with Crippen LogP contribution in [0.5, 0.6) is 0 Å². The van der Waals surface area contributed by atoms with E-state index < -0.39 is 10.8 Å². The Hall–Kier alpha value is -4.40. The van der Waals surface area contributed by atoms with Crippen molar-refractivity contribution in [3.05, 3.63) is 156 Å². The molecule has 0 aliphatic heterocycles. The summed E-state index contributed by atoms with van der Waals surface area (Å²) in [5, 5.41) is 21.7. The molecule has 4 aromatic carbocycles. The van der Waals surface area contributed by atoms with E-state index in [0.717, 1.165) is 27.8 Å². The van der Waals surface area contributed by atoms with Gasteiger partial charge in [0.1, 0.15) is 10.8 Å². The van der Waals surface area contributed by atoms with E-state index in [2.05, 4.69) is 18.7 Å². The maximum absolute atomic E-state index is 10.8. The Morgan fingerprint density at radius 3 is 0.912 bits per heavy atom. The minimum absolute atomic E-state index is 0.220. The molecule has 4 aromatic rings. The van der Waals surface area contributed by atoms with Crippen LogP contribution in [0, 0.1) is 34.5 Å². The standard InChI is InChI=1S/C32H24N2/c1-24-29(31(22-33,25-14-6-2-7-15-25)26-16-8-3-9-17-26)30(24)32(23-34,27-18-10-4-11-19-27)28-20-12-5-13-21-28/h2-21,29-30H,1H2. The Morgan fingerprint density at radius 1 is 0.471 bits per heavy atom. The quantitative estimate of drug-likeness (QED) is 0.312. The van der Waals surface area contributed by atoms with Gasteiger partial charge >= 0.3 is 0 Å². The van der Waals surface area contributed by atoms with Gasteiger partial charge in [0.05, 0.1) is 12.1 Å². The topological polar surface area (TPSA) is 47.6 Å². The summed E-state index contributed by atoms with van der Waals surface area (Å²) >= 11 is 0. The molecule has 0 heterocycles. The first-order valence-corrected chi connectivity index (χ1v) is 11.4. The Labute approximate surface area is 201 Å². The fourth-order valence-electron chi connectivity index (χ4n) is 5.62. The van der Waals surface area contributed by atoms with Crippen molar-refractivity contribution in [3.63, 3.8) is 0 Å². The van der Waals surface area contributed by atoms with Gasteiger partial charge in [-0.1, -0.05) is 133 Å². The fourth-order valence-corrected chi connectivity index (χ4v) is 5.62. The second-order valence-electron chi connectivity index (χ2n) is 8.83. The third kappa shape index (κ3) is 3.08. The van der Waals surface area contributed by atoms with Gasteiger partial charge in [-0.2, -0.15) is 10.5 Å². The molecule has 34 heavy (non-hydrogen) atoms. The molecular weight excluding hydrogens is 412 g/mol. The van der Waals surface area contributed by atoms with Crippen molar-refractivity contribution in [1.29, 1.82) is 10.5 Å². The lowest BCUT2D eigenvalue weighted by atomic mass is 9.65. The van der Waals surface area contributed by atoms with Crippen LogP contribution in [0.2, 0.25) is 0 Å². The number of nitrogens with zero attached hydrogens (tertiary/aromatic N) is 2. The molecule has 2 heteroatoms. The minimum Gasteiger partial charge on any atom is -0.197 e. The lowest BCUT2D eigenvalue weighted by Crippen LogP contribution is -2.35. The number of hydrogen-bond donors (Lipinski definition) is 0. The van der Waals surface area contributed by atoms with Crippen molar-refractivity contribution in [2.75, 3.05) is 0 Å². The van der Waals surface area contributed by atoms with E-state index in [1.807, 2.05) is 121 Å². The molecule has 5 rings (SSSR count). The van der Waals surface area contributed by atoms with Gasteiger partial charge in [-0.05, 0) is 22.3 Å². The zero-order chi connectivity index (χ0) is 23.6. The third-order valence-electron chi connectivity index (χ3n) is 7.23. The summed E-state index contributed by atoms with van der Waals surface area (Å²) in [4.78, 5) is 0. The molecule has 1 saturated carbocycles. The smallest absolute Gasteiger partial charge is 0.114 e. The first-order valence-electron chi connectivity index (χ1n) is 11.4. The van der Waals surface area contributed by atoms with Crippen LogP contribution >= 0.6 is 0 Å². The first-order chi connectivity index (χ1) is 16.7. The molecule has 0 amide bonds. The predicted octanol–water partition coefficient (Wildman–Crippen LogP) is 6.81. The lowest BCUT2D eigenvalue weighted by Gasteiger charge is -2.33. The van der Waals surface area contributed by atoms with Crippen molar-refractivity contribution < 1.29 is 0 Å². The summed E-state index contributed by atoms with van der Waals surface area (Å²) in [6.45, 7) is 4.46. The van der Waals surface area contributed by atoms with Crippen LogP contribution < -0.4 is 0 Å². The average molecular weight is 437 g/mol. The number of nitriles is 2. The van der Waals surface area contributed by atoms with E-state index in [1.165, 1.54) is 0 Å². The fraction of sp³-hybridized carbons (Fsp3) is 0.125. The van der Waals surface area contributed by atoms with Crippen LogP contribution in [-0.2, 0) is 10.8 Å². The molecule has 2 nitrogen and oxygen atoms in total. The number of rotatable bonds is 6. The van der Waals surface area contributed by atoms with E-state index in [-0.39, 0.29) is 11.8 Å². The number of hydrogen-bond acceptors (Lipinski definition) is 2. The second-order valence-corrected chi connectivity index (χ2v) is 8.83. The van der Waals surface area contributed by atoms with Crippen LogP contribution in [0.15, 0.2) is 133 Å². The van der Waals surface area contributed by atoms with Gasteiger partial charge in [0, 0.05) is 11.8 Å². The molecule has 0 N–H and O–H groups in total. The summed E-state index contributed by atoms with van der Waals surface area (Å²) in [6, 6.07) is 45.1. The molecule has 0 saturated heterocycles. The zero-order valence-corrected chi connectivity index (χ0v) is 18.8. The zero-order valence-electron chi connectivity index (χ0n) is 18.8. The van der Waals surface area contributed by atoms with Crippen molar-refractivity contribution in [2.45, 2.75) is 10.8 Å². The van der Waals surface area contributed by atoms with Crippen LogP contribution in [0.25, 0.3) is 0 Å². The molecule has 1 aliphatic carbocycles. The summed E-state index contributed by atoms with van der Waals surface area (Å²) < 4.78 is 0. The number of allylic oxidation sites excluding steroid dienone is 1. The molecule has 0 aromatic heterocycles. The highest BCUT2D eigenvalue weighted by molar-refractivity contribution is 5.61. The van der Waals surface area contributed by atoms with E-state index in [1.54, 1.807) is 0 Å². The highest BCUT2D eigenvalue weighted by atomic mass is 14.7. The summed E-state index contributed by atoms with van der Waals surface area (Å²) in [7, 11) is 0. The van der Waals surface area contributed by atoms with Gasteiger partial charge in [-0.25, -0.2) is 0 Å². The maximum Gasteiger partial charge on any atom is 0.114 e. The van der Waals surface area contributed by atoms with E-state index in [9.17, 15) is 10.5 Å². The highest BCUT2D eigenvalue weighted by Gasteiger charge is 2.66. The van der Waals surface area contributed by atoms with E-state index in [0.29, 0.717) is 0 Å². The monoisotopic (exact) mass is 436 g/mol. The lowest BCUT2D eigenvalue weighted by molar-refractivity contribution is 0.455. The van der Waals surface area contributed by atoms with E-state index >= 15 is 0 Å². The normalized spacial score (nSPS) is 17.4. The molecule has 0 spiro atoms. The Balaban J connectivity index is 1.76. The van der Waals surface area contributed by atoms with Gasteiger partial charge in [0.2, 0.25) is 0 Å². The van der Waals surface area contributed by atoms with Crippen molar-refractivity contribution in [1.82, 2.24) is 0 Å².